The second kappa shape index (κ2) is 4.42. The molecular formula is C13H18N2OS. The summed E-state index contributed by atoms with van der Waals surface area (Å²) in [7, 11) is 0. The minimum absolute atomic E-state index is 0.234. The summed E-state index contributed by atoms with van der Waals surface area (Å²) in [4.78, 5) is 15.4. The molecule has 17 heavy (non-hydrogen) atoms. The fraction of sp³-hybridized carbons (Fsp3) is 0.615. The van der Waals surface area contributed by atoms with E-state index in [2.05, 4.69) is 11.4 Å². The zero-order valence-electron chi connectivity index (χ0n) is 9.89. The Kier molecular flexibility index (Phi) is 2.92. The molecule has 3 nitrogen and oxygen atoms in total. The molecule has 3 rings (SSSR count). The molecule has 2 aliphatic rings. The van der Waals surface area contributed by atoms with Gasteiger partial charge in [-0.1, -0.05) is 0 Å². The van der Waals surface area contributed by atoms with Gasteiger partial charge in [0.1, 0.15) is 0 Å². The summed E-state index contributed by atoms with van der Waals surface area (Å²) in [5.41, 5.74) is 6.96. The zero-order valence-corrected chi connectivity index (χ0v) is 10.7. The van der Waals surface area contributed by atoms with Crippen molar-refractivity contribution in [2.75, 3.05) is 19.6 Å². The first kappa shape index (κ1) is 11.2. The molecule has 2 N–H and O–H groups in total. The summed E-state index contributed by atoms with van der Waals surface area (Å²) in [5, 5.41) is 2.05. The Balaban J connectivity index is 1.75. The molecule has 1 amide bonds. The number of likely N-dealkylation sites (tertiary alicyclic amines) is 1. The monoisotopic (exact) mass is 250 g/mol. The highest BCUT2D eigenvalue weighted by Crippen LogP contribution is 2.43. The molecule has 2 heterocycles. The smallest absolute Gasteiger partial charge is 0.264 e. The minimum Gasteiger partial charge on any atom is -0.338 e. The Labute approximate surface area is 106 Å². The number of rotatable bonds is 3. The summed E-state index contributed by atoms with van der Waals surface area (Å²) >= 11 is 1.60. The van der Waals surface area contributed by atoms with Crippen LogP contribution in [-0.2, 0) is 0 Å². The van der Waals surface area contributed by atoms with E-state index in [1.165, 1.54) is 18.4 Å². The van der Waals surface area contributed by atoms with Crippen molar-refractivity contribution < 1.29 is 4.79 Å². The molecule has 0 spiro atoms. The van der Waals surface area contributed by atoms with Crippen molar-refractivity contribution in [1.29, 1.82) is 0 Å². The molecule has 1 aromatic rings. The average Bonchev–Trinajstić information content (AvgIpc) is 2.92. The summed E-state index contributed by atoms with van der Waals surface area (Å²) in [6.45, 7) is 2.42. The van der Waals surface area contributed by atoms with Crippen molar-refractivity contribution in [2.24, 2.45) is 11.7 Å². The van der Waals surface area contributed by atoms with E-state index < -0.39 is 0 Å². The van der Waals surface area contributed by atoms with Gasteiger partial charge in [0.05, 0.1) is 4.88 Å². The van der Waals surface area contributed by atoms with Crippen LogP contribution in [0.5, 0.6) is 0 Å². The topological polar surface area (TPSA) is 46.3 Å². The number of carbonyl (C=O) groups excluding carboxylic acids is 1. The maximum atomic E-state index is 12.4. The molecule has 0 radical (unpaired) electrons. The lowest BCUT2D eigenvalue weighted by atomic mass is 10.1. The van der Waals surface area contributed by atoms with Crippen molar-refractivity contribution in [3.8, 4) is 0 Å². The molecule has 1 aliphatic heterocycles. The van der Waals surface area contributed by atoms with Crippen molar-refractivity contribution in [2.45, 2.75) is 25.2 Å². The van der Waals surface area contributed by atoms with Gasteiger partial charge in [-0.2, -0.15) is 0 Å². The molecule has 0 unspecified atom stereocenters. The van der Waals surface area contributed by atoms with Crippen molar-refractivity contribution >= 4 is 17.2 Å². The Morgan fingerprint density at radius 1 is 1.47 bits per heavy atom. The number of nitrogens with zero attached hydrogens (tertiary/aromatic N) is 1. The maximum absolute atomic E-state index is 12.4. The van der Waals surface area contributed by atoms with Crippen LogP contribution in [-0.4, -0.2) is 30.4 Å². The average molecular weight is 250 g/mol. The molecular weight excluding hydrogens is 232 g/mol. The Bertz CT molecular complexity index is 425. The molecule has 92 valence electrons. The van der Waals surface area contributed by atoms with Gasteiger partial charge in [0, 0.05) is 13.1 Å². The van der Waals surface area contributed by atoms with Crippen LogP contribution in [0.3, 0.4) is 0 Å². The van der Waals surface area contributed by atoms with Crippen LogP contribution in [0.25, 0.3) is 0 Å². The van der Waals surface area contributed by atoms with Crippen molar-refractivity contribution in [3.63, 3.8) is 0 Å². The third-order valence-corrected chi connectivity index (χ3v) is 4.73. The molecule has 0 bridgehead atoms. The number of hydrogen-bond acceptors (Lipinski definition) is 3. The molecule has 1 saturated heterocycles. The van der Waals surface area contributed by atoms with Gasteiger partial charge in [-0.3, -0.25) is 4.79 Å². The lowest BCUT2D eigenvalue weighted by Gasteiger charge is -2.16. The van der Waals surface area contributed by atoms with Gasteiger partial charge in [0.15, 0.2) is 0 Å². The Morgan fingerprint density at radius 3 is 2.94 bits per heavy atom. The van der Waals surface area contributed by atoms with Gasteiger partial charge in [-0.15, -0.1) is 11.3 Å². The van der Waals surface area contributed by atoms with E-state index in [0.29, 0.717) is 18.4 Å². The first-order valence-corrected chi connectivity index (χ1v) is 7.24. The lowest BCUT2D eigenvalue weighted by Crippen LogP contribution is -2.29. The highest BCUT2D eigenvalue weighted by atomic mass is 32.1. The van der Waals surface area contributed by atoms with Crippen LogP contribution in [0, 0.1) is 5.92 Å². The predicted molar refractivity (Wildman–Crippen MR) is 69.4 cm³/mol. The quantitative estimate of drug-likeness (QED) is 0.892. The Morgan fingerprint density at radius 2 is 2.29 bits per heavy atom. The van der Waals surface area contributed by atoms with Gasteiger partial charge in [0.25, 0.3) is 5.91 Å². The molecule has 2 fully saturated rings. The number of hydrogen-bond donors (Lipinski definition) is 1. The van der Waals surface area contributed by atoms with Crippen LogP contribution < -0.4 is 5.73 Å². The maximum Gasteiger partial charge on any atom is 0.264 e. The fourth-order valence-electron chi connectivity index (χ4n) is 2.56. The SMILES string of the molecule is NC[C@@H]1CCN(C(=O)c2sccc2C2CC2)C1. The fourth-order valence-corrected chi connectivity index (χ4v) is 3.51. The molecule has 4 heteroatoms. The summed E-state index contributed by atoms with van der Waals surface area (Å²) in [6, 6.07) is 2.13. The summed E-state index contributed by atoms with van der Waals surface area (Å²) < 4.78 is 0. The zero-order chi connectivity index (χ0) is 11.8. The van der Waals surface area contributed by atoms with Crippen LogP contribution in [0.15, 0.2) is 11.4 Å². The number of amides is 1. The third-order valence-electron chi connectivity index (χ3n) is 3.81. The first-order valence-electron chi connectivity index (χ1n) is 6.36. The van der Waals surface area contributed by atoms with E-state index in [0.717, 1.165) is 24.4 Å². The van der Waals surface area contributed by atoms with Crippen LogP contribution in [0.1, 0.15) is 40.4 Å². The van der Waals surface area contributed by atoms with Gasteiger partial charge in [-0.05, 0) is 54.7 Å². The second-order valence-electron chi connectivity index (χ2n) is 5.12. The molecule has 1 saturated carbocycles. The third kappa shape index (κ3) is 2.11. The largest absolute Gasteiger partial charge is 0.338 e. The number of nitrogens with two attached hydrogens (primary N) is 1. The number of carbonyl (C=O) groups is 1. The molecule has 1 aromatic heterocycles. The van der Waals surface area contributed by atoms with E-state index >= 15 is 0 Å². The van der Waals surface area contributed by atoms with Crippen molar-refractivity contribution in [1.82, 2.24) is 4.90 Å². The molecule has 0 aromatic carbocycles. The summed E-state index contributed by atoms with van der Waals surface area (Å²) in [6.07, 6.45) is 3.57. The van der Waals surface area contributed by atoms with Gasteiger partial charge in [-0.25, -0.2) is 0 Å². The summed E-state index contributed by atoms with van der Waals surface area (Å²) in [5.74, 6) is 1.40. The predicted octanol–water partition coefficient (Wildman–Crippen LogP) is 2.05. The van der Waals surface area contributed by atoms with Crippen LogP contribution in [0.2, 0.25) is 0 Å². The van der Waals surface area contributed by atoms with E-state index in [9.17, 15) is 4.79 Å². The van der Waals surface area contributed by atoms with Gasteiger partial charge < -0.3 is 10.6 Å². The highest BCUT2D eigenvalue weighted by molar-refractivity contribution is 7.12. The van der Waals surface area contributed by atoms with E-state index in [-0.39, 0.29) is 5.91 Å². The lowest BCUT2D eigenvalue weighted by molar-refractivity contribution is 0.0791. The highest BCUT2D eigenvalue weighted by Gasteiger charge is 2.32. The van der Waals surface area contributed by atoms with Crippen LogP contribution in [0.4, 0.5) is 0 Å². The van der Waals surface area contributed by atoms with Crippen LogP contribution >= 0.6 is 11.3 Å². The standard InChI is InChI=1S/C13H18N2OS/c14-7-9-3-5-15(8-9)13(16)12-11(4-6-17-12)10-1-2-10/h4,6,9-10H,1-3,5,7-8,14H2/t9-/m0/s1. The van der Waals surface area contributed by atoms with E-state index in [1.807, 2.05) is 4.90 Å². The first-order chi connectivity index (χ1) is 8.29. The van der Waals surface area contributed by atoms with Gasteiger partial charge >= 0.3 is 0 Å². The second-order valence-corrected chi connectivity index (χ2v) is 6.04. The molecule has 1 atom stereocenters. The normalized spacial score (nSPS) is 24.3. The van der Waals surface area contributed by atoms with E-state index in [1.54, 1.807) is 11.3 Å². The molecule has 1 aliphatic carbocycles. The van der Waals surface area contributed by atoms with E-state index in [4.69, 9.17) is 5.73 Å². The number of thiophene rings is 1. The minimum atomic E-state index is 0.234. The Hall–Kier alpha value is -0.870. The van der Waals surface area contributed by atoms with Gasteiger partial charge in [0.2, 0.25) is 0 Å². The van der Waals surface area contributed by atoms with Crippen molar-refractivity contribution in [3.05, 3.63) is 21.9 Å².